The molecule has 2 amide bonds. The smallest absolute Gasteiger partial charge is 0.255 e. The summed E-state index contributed by atoms with van der Waals surface area (Å²) in [6.45, 7) is 4.88. The molecule has 0 unspecified atom stereocenters. The summed E-state index contributed by atoms with van der Waals surface area (Å²) in [7, 11) is 1.58. The second kappa shape index (κ2) is 8.26. The van der Waals surface area contributed by atoms with Crippen LogP contribution in [0.2, 0.25) is 0 Å². The van der Waals surface area contributed by atoms with Gasteiger partial charge < -0.3 is 15.4 Å². The van der Waals surface area contributed by atoms with Gasteiger partial charge in [-0.05, 0) is 55.3 Å². The molecule has 0 heterocycles. The van der Waals surface area contributed by atoms with Crippen LogP contribution in [0.25, 0.3) is 0 Å². The quantitative estimate of drug-likeness (QED) is 0.802. The number of nitrogens with one attached hydrogen (secondary N) is 2. The van der Waals surface area contributed by atoms with Crippen LogP contribution in [0.1, 0.15) is 31.8 Å². The van der Waals surface area contributed by atoms with Gasteiger partial charge in [0.1, 0.15) is 0 Å². The highest BCUT2D eigenvalue weighted by Crippen LogP contribution is 2.19. The fourth-order valence-corrected chi connectivity index (χ4v) is 2.22. The minimum Gasteiger partial charge on any atom is -0.383 e. The zero-order valence-corrected chi connectivity index (χ0v) is 14.2. The first-order valence-electron chi connectivity index (χ1n) is 7.77. The molecule has 2 aromatic rings. The predicted octanol–water partition coefficient (Wildman–Crippen LogP) is 2.93. The lowest BCUT2D eigenvalue weighted by atomic mass is 10.1. The van der Waals surface area contributed by atoms with Crippen molar-refractivity contribution < 1.29 is 14.3 Å². The normalized spacial score (nSPS) is 10.3. The van der Waals surface area contributed by atoms with E-state index in [0.29, 0.717) is 24.3 Å². The van der Waals surface area contributed by atoms with Crippen LogP contribution in [-0.4, -0.2) is 32.1 Å². The van der Waals surface area contributed by atoms with Gasteiger partial charge in [-0.2, -0.15) is 0 Å². The van der Waals surface area contributed by atoms with Gasteiger partial charge in [-0.15, -0.1) is 0 Å². The Labute approximate surface area is 142 Å². The molecule has 0 aliphatic carbocycles. The third-order valence-electron chi connectivity index (χ3n) is 3.85. The van der Waals surface area contributed by atoms with Gasteiger partial charge in [0.25, 0.3) is 11.8 Å². The molecule has 2 N–H and O–H groups in total. The number of anilines is 1. The van der Waals surface area contributed by atoms with Gasteiger partial charge >= 0.3 is 0 Å². The number of aryl methyl sites for hydroxylation is 1. The Morgan fingerprint density at radius 2 is 1.58 bits per heavy atom. The number of hydrogen-bond acceptors (Lipinski definition) is 3. The molecule has 2 rings (SSSR count). The van der Waals surface area contributed by atoms with Gasteiger partial charge in [0, 0.05) is 30.5 Å². The summed E-state index contributed by atoms with van der Waals surface area (Å²) in [4.78, 5) is 24.2. The summed E-state index contributed by atoms with van der Waals surface area (Å²) < 4.78 is 4.89. The number of carbonyl (C=O) groups excluding carboxylic acids is 2. The summed E-state index contributed by atoms with van der Waals surface area (Å²) in [6.07, 6.45) is 0. The summed E-state index contributed by atoms with van der Waals surface area (Å²) in [6, 6.07) is 12.4. The Bertz CT molecular complexity index is 724. The van der Waals surface area contributed by atoms with Crippen molar-refractivity contribution in [3.05, 3.63) is 64.7 Å². The molecule has 24 heavy (non-hydrogen) atoms. The lowest BCUT2D eigenvalue weighted by Gasteiger charge is -2.10. The van der Waals surface area contributed by atoms with Crippen LogP contribution in [0.4, 0.5) is 5.69 Å². The molecule has 0 saturated carbocycles. The molecule has 0 bridgehead atoms. The molecule has 0 spiro atoms. The Kier molecular flexibility index (Phi) is 6.09. The standard InChI is InChI=1S/C19H22N2O3/c1-13-5-4-6-17(14(13)2)21-19(23)16-9-7-15(8-10-16)18(22)20-11-12-24-3/h4-10H,11-12H2,1-3H3,(H,20,22)(H,21,23). The van der Waals surface area contributed by atoms with Crippen LogP contribution in [0.3, 0.4) is 0 Å². The van der Waals surface area contributed by atoms with E-state index in [1.54, 1.807) is 31.4 Å². The molecule has 0 fully saturated rings. The molecule has 5 nitrogen and oxygen atoms in total. The number of methoxy groups -OCH3 is 1. The van der Waals surface area contributed by atoms with Crippen LogP contribution in [0.5, 0.6) is 0 Å². The van der Waals surface area contributed by atoms with Crippen LogP contribution < -0.4 is 10.6 Å². The van der Waals surface area contributed by atoms with E-state index in [9.17, 15) is 9.59 Å². The first kappa shape index (κ1) is 17.7. The summed E-state index contributed by atoms with van der Waals surface area (Å²) in [5.74, 6) is -0.386. The topological polar surface area (TPSA) is 67.4 Å². The van der Waals surface area contributed by atoms with Crippen molar-refractivity contribution in [3.63, 3.8) is 0 Å². The van der Waals surface area contributed by atoms with Gasteiger partial charge in [0.05, 0.1) is 6.61 Å². The lowest BCUT2D eigenvalue weighted by molar-refractivity contribution is 0.0935. The Morgan fingerprint density at radius 1 is 0.958 bits per heavy atom. The summed E-state index contributed by atoms with van der Waals surface area (Å²) >= 11 is 0. The maximum atomic E-state index is 12.3. The number of benzene rings is 2. The Morgan fingerprint density at radius 3 is 2.21 bits per heavy atom. The van der Waals surface area contributed by atoms with Crippen molar-refractivity contribution in [1.82, 2.24) is 5.32 Å². The van der Waals surface area contributed by atoms with Crippen molar-refractivity contribution in [3.8, 4) is 0 Å². The summed E-state index contributed by atoms with van der Waals surface area (Å²) in [5.41, 5.74) is 3.97. The highest BCUT2D eigenvalue weighted by Gasteiger charge is 2.10. The van der Waals surface area contributed by atoms with E-state index in [2.05, 4.69) is 10.6 Å². The highest BCUT2D eigenvalue weighted by atomic mass is 16.5. The van der Waals surface area contributed by atoms with Gasteiger partial charge in [0.15, 0.2) is 0 Å². The molecular formula is C19H22N2O3. The average molecular weight is 326 g/mol. The first-order valence-corrected chi connectivity index (χ1v) is 7.77. The third kappa shape index (κ3) is 4.43. The zero-order chi connectivity index (χ0) is 17.5. The van der Waals surface area contributed by atoms with Crippen LogP contribution in [0, 0.1) is 13.8 Å². The molecule has 0 radical (unpaired) electrons. The molecule has 0 aliphatic rings. The molecular weight excluding hydrogens is 304 g/mol. The van der Waals surface area contributed by atoms with Crippen molar-refractivity contribution in [2.75, 3.05) is 25.6 Å². The summed E-state index contributed by atoms with van der Waals surface area (Å²) in [5, 5.41) is 5.64. The van der Waals surface area contributed by atoms with E-state index >= 15 is 0 Å². The fourth-order valence-electron chi connectivity index (χ4n) is 2.22. The van der Waals surface area contributed by atoms with Crippen molar-refractivity contribution >= 4 is 17.5 Å². The third-order valence-corrected chi connectivity index (χ3v) is 3.85. The van der Waals surface area contributed by atoms with Gasteiger partial charge in [-0.3, -0.25) is 9.59 Å². The predicted molar refractivity (Wildman–Crippen MR) is 94.5 cm³/mol. The highest BCUT2D eigenvalue weighted by molar-refractivity contribution is 6.05. The van der Waals surface area contributed by atoms with E-state index in [-0.39, 0.29) is 11.8 Å². The number of rotatable bonds is 6. The molecule has 0 atom stereocenters. The van der Waals surface area contributed by atoms with E-state index < -0.39 is 0 Å². The fraction of sp³-hybridized carbons (Fsp3) is 0.263. The van der Waals surface area contributed by atoms with Crippen LogP contribution >= 0.6 is 0 Å². The Balaban J connectivity index is 2.03. The monoisotopic (exact) mass is 326 g/mol. The number of amides is 2. The maximum absolute atomic E-state index is 12.3. The molecule has 2 aromatic carbocycles. The van der Waals surface area contributed by atoms with E-state index in [4.69, 9.17) is 4.74 Å². The number of ether oxygens (including phenoxy) is 1. The van der Waals surface area contributed by atoms with Crippen molar-refractivity contribution in [1.29, 1.82) is 0 Å². The second-order valence-corrected chi connectivity index (χ2v) is 5.53. The molecule has 0 aromatic heterocycles. The Hall–Kier alpha value is -2.66. The van der Waals surface area contributed by atoms with Gasteiger partial charge in [-0.1, -0.05) is 12.1 Å². The largest absolute Gasteiger partial charge is 0.383 e. The van der Waals surface area contributed by atoms with Crippen molar-refractivity contribution in [2.45, 2.75) is 13.8 Å². The zero-order valence-electron chi connectivity index (χ0n) is 14.2. The number of hydrogen-bond donors (Lipinski definition) is 2. The van der Waals surface area contributed by atoms with E-state index in [0.717, 1.165) is 16.8 Å². The lowest BCUT2D eigenvalue weighted by Crippen LogP contribution is -2.27. The molecule has 0 saturated heterocycles. The van der Waals surface area contributed by atoms with E-state index in [1.807, 2.05) is 32.0 Å². The van der Waals surface area contributed by atoms with Crippen molar-refractivity contribution in [2.24, 2.45) is 0 Å². The minimum absolute atomic E-state index is 0.187. The minimum atomic E-state index is -0.199. The van der Waals surface area contributed by atoms with Crippen LogP contribution in [0.15, 0.2) is 42.5 Å². The second-order valence-electron chi connectivity index (χ2n) is 5.53. The first-order chi connectivity index (χ1) is 11.5. The van der Waals surface area contributed by atoms with Gasteiger partial charge in [0.2, 0.25) is 0 Å². The van der Waals surface area contributed by atoms with Gasteiger partial charge in [-0.25, -0.2) is 0 Å². The van der Waals surface area contributed by atoms with E-state index in [1.165, 1.54) is 0 Å². The molecule has 0 aliphatic heterocycles. The van der Waals surface area contributed by atoms with Crippen LogP contribution in [-0.2, 0) is 4.74 Å². The molecule has 126 valence electrons. The molecule has 5 heteroatoms. The SMILES string of the molecule is COCCNC(=O)c1ccc(C(=O)Nc2cccc(C)c2C)cc1. The average Bonchev–Trinajstić information content (AvgIpc) is 2.59. The number of carbonyl (C=O) groups is 2. The maximum Gasteiger partial charge on any atom is 0.255 e.